The molecule has 0 radical (unpaired) electrons. The molecule has 8 heteroatoms. The normalized spacial score (nSPS) is 12.5. The Hall–Kier alpha value is -1.60. The van der Waals surface area contributed by atoms with Crippen LogP contribution in [0, 0.1) is 0 Å². The van der Waals surface area contributed by atoms with Crippen LogP contribution in [0.3, 0.4) is 0 Å². The van der Waals surface area contributed by atoms with Crippen molar-refractivity contribution in [3.8, 4) is 0 Å². The van der Waals surface area contributed by atoms with Gasteiger partial charge in [0.2, 0.25) is 5.78 Å². The van der Waals surface area contributed by atoms with Crippen LogP contribution in [0.2, 0.25) is 0 Å². The number of hydrogen-bond acceptors (Lipinski definition) is 4. The lowest BCUT2D eigenvalue weighted by atomic mass is 10.1. The maximum absolute atomic E-state index is 12.8. The van der Waals surface area contributed by atoms with E-state index in [4.69, 9.17) is 0 Å². The Bertz CT molecular complexity index is 339. The molecule has 104 valence electrons. The van der Waals surface area contributed by atoms with Gasteiger partial charge in [0.15, 0.2) is 0 Å². The van der Waals surface area contributed by atoms with E-state index in [-0.39, 0.29) is 13.2 Å². The smallest absolute Gasteiger partial charge is 0.369 e. The Kier molecular flexibility index (Phi) is 6.35. The molecule has 0 amide bonds. The zero-order valence-corrected chi connectivity index (χ0v) is 9.71. The molecule has 0 aliphatic heterocycles. The van der Waals surface area contributed by atoms with Gasteiger partial charge in [-0.2, -0.15) is 8.78 Å². The first kappa shape index (κ1) is 16.4. The summed E-state index contributed by atoms with van der Waals surface area (Å²) in [4.78, 5) is 22.3. The SMILES string of the molecule is CCO/C=C(/C(=O)OCC)C(=O)C(F)(F)C(F)F. The Morgan fingerprint density at radius 2 is 1.78 bits per heavy atom. The maximum Gasteiger partial charge on any atom is 0.369 e. The van der Waals surface area contributed by atoms with Crippen molar-refractivity contribution >= 4 is 11.8 Å². The topological polar surface area (TPSA) is 52.6 Å². The van der Waals surface area contributed by atoms with Gasteiger partial charge < -0.3 is 9.47 Å². The lowest BCUT2D eigenvalue weighted by Gasteiger charge is -2.15. The van der Waals surface area contributed by atoms with Gasteiger partial charge in [-0.15, -0.1) is 0 Å². The number of Topliss-reactive ketones (excluding diaryl/α,β-unsaturated/α-hetero) is 1. The summed E-state index contributed by atoms with van der Waals surface area (Å²) in [6.45, 7) is 2.59. The van der Waals surface area contributed by atoms with Crippen LogP contribution in [0.25, 0.3) is 0 Å². The van der Waals surface area contributed by atoms with Gasteiger partial charge in [0.05, 0.1) is 13.2 Å². The maximum atomic E-state index is 12.8. The van der Waals surface area contributed by atoms with Crippen molar-refractivity contribution in [1.29, 1.82) is 0 Å². The molecule has 0 saturated heterocycles. The number of alkyl halides is 4. The molecule has 0 N–H and O–H groups in total. The van der Waals surface area contributed by atoms with Gasteiger partial charge in [0, 0.05) is 0 Å². The van der Waals surface area contributed by atoms with E-state index in [0.29, 0.717) is 6.26 Å². The molecule has 0 saturated carbocycles. The molecule has 0 spiro atoms. The third-order valence-electron chi connectivity index (χ3n) is 1.68. The summed E-state index contributed by atoms with van der Waals surface area (Å²) >= 11 is 0. The minimum Gasteiger partial charge on any atom is -0.500 e. The van der Waals surface area contributed by atoms with E-state index in [1.54, 1.807) is 0 Å². The number of ether oxygens (including phenoxy) is 2. The molecule has 0 rings (SSSR count). The first-order valence-electron chi connectivity index (χ1n) is 4.98. The fourth-order valence-electron chi connectivity index (χ4n) is 0.848. The average molecular weight is 272 g/mol. The van der Waals surface area contributed by atoms with Crippen LogP contribution in [0.1, 0.15) is 13.8 Å². The van der Waals surface area contributed by atoms with Crippen molar-refractivity contribution < 1.29 is 36.6 Å². The molecule has 4 nitrogen and oxygen atoms in total. The predicted octanol–water partition coefficient (Wildman–Crippen LogP) is 1.94. The minimum atomic E-state index is -4.96. The van der Waals surface area contributed by atoms with E-state index in [9.17, 15) is 27.2 Å². The van der Waals surface area contributed by atoms with Crippen molar-refractivity contribution in [3.63, 3.8) is 0 Å². The third kappa shape index (κ3) is 4.01. The molecule has 0 heterocycles. The Morgan fingerprint density at radius 3 is 2.17 bits per heavy atom. The van der Waals surface area contributed by atoms with E-state index in [0.717, 1.165) is 0 Å². The van der Waals surface area contributed by atoms with Gasteiger partial charge in [0.25, 0.3) is 0 Å². The van der Waals surface area contributed by atoms with Crippen LogP contribution < -0.4 is 0 Å². The van der Waals surface area contributed by atoms with Gasteiger partial charge >= 0.3 is 18.3 Å². The second-order valence-electron chi connectivity index (χ2n) is 2.96. The van der Waals surface area contributed by atoms with E-state index in [2.05, 4.69) is 9.47 Å². The summed E-state index contributed by atoms with van der Waals surface area (Å²) in [5.74, 6) is -8.73. The Labute approximate surface area is 101 Å². The molecule has 0 aliphatic carbocycles. The van der Waals surface area contributed by atoms with Gasteiger partial charge in [-0.3, -0.25) is 4.79 Å². The number of halogens is 4. The molecule has 0 aromatic carbocycles. The molecule has 0 fully saturated rings. The highest BCUT2D eigenvalue weighted by molar-refractivity contribution is 6.19. The number of hydrogen-bond donors (Lipinski definition) is 0. The van der Waals surface area contributed by atoms with E-state index in [1.807, 2.05) is 0 Å². The number of esters is 1. The summed E-state index contributed by atoms with van der Waals surface area (Å²) in [5.41, 5.74) is -1.25. The van der Waals surface area contributed by atoms with E-state index < -0.39 is 29.7 Å². The first-order chi connectivity index (χ1) is 8.28. The van der Waals surface area contributed by atoms with Crippen molar-refractivity contribution in [2.75, 3.05) is 13.2 Å². The summed E-state index contributed by atoms with van der Waals surface area (Å²) in [5, 5.41) is 0. The summed E-state index contributed by atoms with van der Waals surface area (Å²) in [6, 6.07) is 0. The highest BCUT2D eigenvalue weighted by Crippen LogP contribution is 2.27. The molecule has 0 aromatic rings. The quantitative estimate of drug-likeness (QED) is 0.177. The van der Waals surface area contributed by atoms with Crippen molar-refractivity contribution in [1.82, 2.24) is 0 Å². The average Bonchev–Trinajstić information content (AvgIpc) is 2.29. The van der Waals surface area contributed by atoms with Gasteiger partial charge in [0.1, 0.15) is 11.8 Å². The lowest BCUT2D eigenvalue weighted by molar-refractivity contribution is -0.165. The molecule has 0 bridgehead atoms. The number of rotatable bonds is 7. The van der Waals surface area contributed by atoms with Crippen LogP contribution in [0.4, 0.5) is 17.6 Å². The molecular formula is C10H12F4O4. The molecular weight excluding hydrogens is 260 g/mol. The zero-order valence-electron chi connectivity index (χ0n) is 9.71. The van der Waals surface area contributed by atoms with Crippen LogP contribution >= 0.6 is 0 Å². The van der Waals surface area contributed by atoms with E-state index >= 15 is 0 Å². The minimum absolute atomic E-state index is 0.0313. The molecule has 0 atom stereocenters. The molecule has 0 aliphatic rings. The van der Waals surface area contributed by atoms with Gasteiger partial charge in [-0.25, -0.2) is 13.6 Å². The van der Waals surface area contributed by atoms with Crippen LogP contribution in [-0.2, 0) is 19.1 Å². The summed E-state index contributed by atoms with van der Waals surface area (Å²) in [7, 11) is 0. The first-order valence-corrected chi connectivity index (χ1v) is 4.98. The number of carbonyl (C=O) groups excluding carboxylic acids is 2. The number of ketones is 1. The largest absolute Gasteiger partial charge is 0.500 e. The van der Waals surface area contributed by atoms with Crippen molar-refractivity contribution in [3.05, 3.63) is 11.8 Å². The highest BCUT2D eigenvalue weighted by atomic mass is 19.3. The standard InChI is InChI=1S/C10H12F4O4/c1-3-17-5-6(8(16)18-4-2)7(15)10(13,14)9(11)12/h5,9H,3-4H2,1-2H3/b6-5+. The third-order valence-corrected chi connectivity index (χ3v) is 1.68. The second kappa shape index (κ2) is 6.97. The Balaban J connectivity index is 5.21. The fourth-order valence-corrected chi connectivity index (χ4v) is 0.848. The van der Waals surface area contributed by atoms with Crippen LogP contribution in [-0.4, -0.2) is 37.3 Å². The van der Waals surface area contributed by atoms with Crippen molar-refractivity contribution in [2.45, 2.75) is 26.2 Å². The van der Waals surface area contributed by atoms with Gasteiger partial charge in [-0.1, -0.05) is 0 Å². The molecule has 0 unspecified atom stereocenters. The van der Waals surface area contributed by atoms with Gasteiger partial charge in [-0.05, 0) is 13.8 Å². The number of carbonyl (C=O) groups is 2. The highest BCUT2D eigenvalue weighted by Gasteiger charge is 2.51. The second-order valence-corrected chi connectivity index (χ2v) is 2.96. The monoisotopic (exact) mass is 272 g/mol. The predicted molar refractivity (Wildman–Crippen MR) is 52.3 cm³/mol. The zero-order chi connectivity index (χ0) is 14.3. The fraction of sp³-hybridized carbons (Fsp3) is 0.600. The lowest BCUT2D eigenvalue weighted by Crippen LogP contribution is -2.39. The van der Waals surface area contributed by atoms with E-state index in [1.165, 1.54) is 13.8 Å². The Morgan fingerprint density at radius 1 is 1.22 bits per heavy atom. The summed E-state index contributed by atoms with van der Waals surface area (Å²) in [6.07, 6.45) is -3.82. The molecule has 18 heavy (non-hydrogen) atoms. The summed E-state index contributed by atoms with van der Waals surface area (Å²) < 4.78 is 58.4. The van der Waals surface area contributed by atoms with Crippen LogP contribution in [0.5, 0.6) is 0 Å². The van der Waals surface area contributed by atoms with Crippen LogP contribution in [0.15, 0.2) is 11.8 Å². The van der Waals surface area contributed by atoms with Crippen molar-refractivity contribution in [2.24, 2.45) is 0 Å². The molecule has 0 aromatic heterocycles.